The van der Waals surface area contributed by atoms with Crippen LogP contribution in [0.5, 0.6) is 11.5 Å². The molecule has 1 amide bonds. The lowest BCUT2D eigenvalue weighted by molar-refractivity contribution is 0.0696. The number of carbonyl (C=O) groups is 2. The average molecular weight is 354 g/mol. The summed E-state index contributed by atoms with van der Waals surface area (Å²) in [5.74, 6) is -4.11. The molecule has 0 saturated carbocycles. The summed E-state index contributed by atoms with van der Waals surface area (Å²) in [7, 11) is -4.88. The van der Waals surface area contributed by atoms with Crippen molar-refractivity contribution in [3.05, 3.63) is 41.7 Å². The fraction of sp³-hybridized carbons (Fsp3) is 0. The Kier molecular flexibility index (Phi) is 4.39. The second-order valence-electron chi connectivity index (χ2n) is 4.54. The van der Waals surface area contributed by atoms with Crippen molar-refractivity contribution in [2.45, 2.75) is 4.90 Å². The average Bonchev–Trinajstić information content (AvgIpc) is 2.48. The van der Waals surface area contributed by atoms with Gasteiger partial charge in [-0.1, -0.05) is 0 Å². The second-order valence-corrected chi connectivity index (χ2v) is 5.93. The van der Waals surface area contributed by atoms with Crippen LogP contribution in [-0.2, 0) is 10.1 Å². The van der Waals surface area contributed by atoms with Crippen molar-refractivity contribution >= 4 is 27.7 Å². The summed E-state index contributed by atoms with van der Waals surface area (Å²) in [6, 6.07) is 2.42. The number of carboxylic acids is 1. The van der Waals surface area contributed by atoms with Gasteiger partial charge in [0.15, 0.2) is 0 Å². The van der Waals surface area contributed by atoms with Gasteiger partial charge in [0.05, 0.1) is 23.0 Å². The summed E-state index contributed by atoms with van der Waals surface area (Å²) < 4.78 is 31.3. The molecule has 1 aromatic carbocycles. The van der Waals surface area contributed by atoms with Crippen LogP contribution in [0.4, 0.5) is 5.69 Å². The number of carbonyl (C=O) groups excluding carboxylic acids is 1. The van der Waals surface area contributed by atoms with Gasteiger partial charge in [0, 0.05) is 12.3 Å². The van der Waals surface area contributed by atoms with Gasteiger partial charge in [-0.05, 0) is 12.1 Å². The maximum absolute atomic E-state index is 12.1. The highest BCUT2D eigenvalue weighted by molar-refractivity contribution is 7.86. The van der Waals surface area contributed by atoms with Crippen LogP contribution < -0.4 is 5.32 Å². The minimum atomic E-state index is -4.88. The molecule has 0 unspecified atom stereocenters. The molecule has 1 heterocycles. The molecule has 0 atom stereocenters. The van der Waals surface area contributed by atoms with Crippen LogP contribution in [0.1, 0.15) is 20.7 Å². The molecule has 0 aliphatic heterocycles. The number of nitrogens with one attached hydrogen (secondary N) is 1. The van der Waals surface area contributed by atoms with Gasteiger partial charge in [-0.2, -0.15) is 8.42 Å². The van der Waals surface area contributed by atoms with Crippen molar-refractivity contribution in [1.82, 2.24) is 4.98 Å². The second kappa shape index (κ2) is 6.14. The number of aromatic nitrogens is 1. The summed E-state index contributed by atoms with van der Waals surface area (Å²) in [4.78, 5) is 25.5. The number of aromatic hydroxyl groups is 2. The predicted octanol–water partition coefficient (Wildman–Crippen LogP) is 0.690. The van der Waals surface area contributed by atoms with E-state index in [1.165, 1.54) is 0 Å². The minimum absolute atomic E-state index is 0.0453. The van der Waals surface area contributed by atoms with Crippen LogP contribution in [0.15, 0.2) is 35.5 Å². The van der Waals surface area contributed by atoms with E-state index in [0.29, 0.717) is 6.07 Å². The zero-order valence-corrected chi connectivity index (χ0v) is 12.5. The molecule has 0 radical (unpaired) electrons. The quantitative estimate of drug-likeness (QED) is 0.391. The first-order chi connectivity index (χ1) is 11.1. The third kappa shape index (κ3) is 3.59. The lowest BCUT2D eigenvalue weighted by Crippen LogP contribution is -2.14. The van der Waals surface area contributed by atoms with Gasteiger partial charge in [-0.25, -0.2) is 4.79 Å². The van der Waals surface area contributed by atoms with Crippen LogP contribution in [0.25, 0.3) is 0 Å². The lowest BCUT2D eigenvalue weighted by atomic mass is 10.1. The Hall–Kier alpha value is -3.18. The van der Waals surface area contributed by atoms with E-state index in [1.807, 2.05) is 0 Å². The number of amides is 1. The molecule has 0 bridgehead atoms. The van der Waals surface area contributed by atoms with Crippen molar-refractivity contribution in [3.63, 3.8) is 0 Å². The number of benzene rings is 1. The normalized spacial score (nSPS) is 11.0. The van der Waals surface area contributed by atoms with Gasteiger partial charge >= 0.3 is 5.97 Å². The fourth-order valence-corrected chi connectivity index (χ4v) is 2.41. The van der Waals surface area contributed by atoms with E-state index in [2.05, 4.69) is 10.3 Å². The smallest absolute Gasteiger partial charge is 0.337 e. The highest BCUT2D eigenvalue weighted by Gasteiger charge is 2.23. The topological polar surface area (TPSA) is 174 Å². The van der Waals surface area contributed by atoms with Gasteiger partial charge < -0.3 is 20.6 Å². The van der Waals surface area contributed by atoms with Crippen LogP contribution in [-0.4, -0.2) is 45.2 Å². The number of aromatic carboxylic acids is 1. The Bertz CT molecular complexity index is 939. The Labute approximate surface area is 134 Å². The summed E-state index contributed by atoms with van der Waals surface area (Å²) in [6.07, 6.45) is 2.16. The monoisotopic (exact) mass is 354 g/mol. The van der Waals surface area contributed by atoms with Gasteiger partial charge in [0.1, 0.15) is 16.4 Å². The largest absolute Gasteiger partial charge is 0.508 e. The molecule has 0 spiro atoms. The Balaban J connectivity index is 2.42. The van der Waals surface area contributed by atoms with Gasteiger partial charge in [0.25, 0.3) is 16.0 Å². The molecule has 0 aliphatic rings. The van der Waals surface area contributed by atoms with Crippen LogP contribution in [0.3, 0.4) is 0 Å². The highest BCUT2D eigenvalue weighted by Crippen LogP contribution is 2.31. The standard InChI is InChI=1S/C13H10N2O8S/c16-8-2-9(11(17)10(3-8)24(21,22)23)12(18)15-7-1-6(13(19)20)4-14-5-7/h1-5,16-17H,(H,15,18)(H,19,20)(H,21,22,23). The molecule has 1 aromatic heterocycles. The zero-order chi connectivity index (χ0) is 18.1. The number of hydrogen-bond donors (Lipinski definition) is 5. The van der Waals surface area contributed by atoms with Crippen molar-refractivity contribution in [3.8, 4) is 11.5 Å². The molecule has 2 rings (SSSR count). The minimum Gasteiger partial charge on any atom is -0.508 e. The third-order valence-corrected chi connectivity index (χ3v) is 3.69. The van der Waals surface area contributed by atoms with E-state index in [4.69, 9.17) is 9.66 Å². The molecule has 11 heteroatoms. The number of hydrogen-bond acceptors (Lipinski definition) is 7. The molecule has 0 aliphatic carbocycles. The Morgan fingerprint density at radius 1 is 1.08 bits per heavy atom. The molecule has 5 N–H and O–H groups in total. The first-order valence-corrected chi connectivity index (χ1v) is 7.56. The first-order valence-electron chi connectivity index (χ1n) is 6.12. The van der Waals surface area contributed by atoms with Crippen LogP contribution in [0.2, 0.25) is 0 Å². The van der Waals surface area contributed by atoms with E-state index in [1.54, 1.807) is 0 Å². The molecule has 0 saturated heterocycles. The Morgan fingerprint density at radius 2 is 1.75 bits per heavy atom. The van der Waals surface area contributed by atoms with E-state index >= 15 is 0 Å². The van der Waals surface area contributed by atoms with Crippen molar-refractivity contribution in [2.24, 2.45) is 0 Å². The van der Waals surface area contributed by atoms with Gasteiger partial charge in [-0.3, -0.25) is 14.3 Å². The summed E-state index contributed by atoms with van der Waals surface area (Å²) in [5, 5.41) is 30.3. The summed E-state index contributed by atoms with van der Waals surface area (Å²) in [6.45, 7) is 0. The molecular weight excluding hydrogens is 344 g/mol. The fourth-order valence-electron chi connectivity index (χ4n) is 1.79. The van der Waals surface area contributed by atoms with Crippen LogP contribution >= 0.6 is 0 Å². The van der Waals surface area contributed by atoms with Gasteiger partial charge in [0.2, 0.25) is 0 Å². The number of rotatable bonds is 4. The van der Waals surface area contributed by atoms with E-state index in [9.17, 15) is 28.2 Å². The number of pyridine rings is 1. The maximum atomic E-state index is 12.1. The predicted molar refractivity (Wildman–Crippen MR) is 78.7 cm³/mol. The highest BCUT2D eigenvalue weighted by atomic mass is 32.2. The van der Waals surface area contributed by atoms with Crippen LogP contribution in [0, 0.1) is 0 Å². The van der Waals surface area contributed by atoms with Crippen molar-refractivity contribution in [1.29, 1.82) is 0 Å². The molecular formula is C13H10N2O8S. The molecule has 24 heavy (non-hydrogen) atoms. The SMILES string of the molecule is O=C(O)c1cncc(NC(=O)c2cc(O)cc(S(=O)(=O)O)c2O)c1. The van der Waals surface area contributed by atoms with E-state index in [0.717, 1.165) is 24.5 Å². The maximum Gasteiger partial charge on any atom is 0.337 e. The van der Waals surface area contributed by atoms with Crippen molar-refractivity contribution in [2.75, 3.05) is 5.32 Å². The number of phenols is 2. The summed E-state index contributed by atoms with van der Waals surface area (Å²) >= 11 is 0. The number of nitrogens with zero attached hydrogens (tertiary/aromatic N) is 1. The lowest BCUT2D eigenvalue weighted by Gasteiger charge is -2.10. The third-order valence-electron chi connectivity index (χ3n) is 2.83. The zero-order valence-electron chi connectivity index (χ0n) is 11.7. The van der Waals surface area contributed by atoms with E-state index < -0.39 is 44.0 Å². The molecule has 0 fully saturated rings. The number of phenolic OH excluding ortho intramolecular Hbond substituents is 2. The van der Waals surface area contributed by atoms with E-state index in [-0.39, 0.29) is 11.3 Å². The number of carboxylic acid groups (broad SMARTS) is 1. The molecule has 10 nitrogen and oxygen atoms in total. The van der Waals surface area contributed by atoms with Gasteiger partial charge in [-0.15, -0.1) is 0 Å². The first kappa shape index (κ1) is 17.2. The number of anilines is 1. The van der Waals surface area contributed by atoms with Crippen molar-refractivity contribution < 1.29 is 37.9 Å². The molecule has 2 aromatic rings. The Morgan fingerprint density at radius 3 is 2.33 bits per heavy atom. The summed E-state index contributed by atoms with van der Waals surface area (Å²) in [5.41, 5.74) is -0.911. The molecule has 126 valence electrons.